The number of H-pyrrole nitrogens is 1. The molecule has 3 nitrogen and oxygen atoms in total. The lowest BCUT2D eigenvalue weighted by atomic mass is 10.3. The largest absolute Gasteiger partial charge is 0.329 e. The van der Waals surface area contributed by atoms with Crippen molar-refractivity contribution in [1.82, 2.24) is 15.0 Å². The third kappa shape index (κ3) is 1.97. The number of halogens is 1. The van der Waals surface area contributed by atoms with Crippen molar-refractivity contribution in [2.24, 2.45) is 0 Å². The summed E-state index contributed by atoms with van der Waals surface area (Å²) in [5.41, 5.74) is 0.723. The molecule has 2 aromatic rings. The Kier molecular flexibility index (Phi) is 2.56. The Morgan fingerprint density at radius 2 is 2.07 bits per heavy atom. The molecule has 2 heterocycles. The molecule has 0 aliphatic heterocycles. The predicted molar refractivity (Wildman–Crippen MR) is 57.7 cm³/mol. The third-order valence-electron chi connectivity index (χ3n) is 1.64. The third-order valence-corrected chi connectivity index (χ3v) is 2.10. The van der Waals surface area contributed by atoms with E-state index in [1.807, 2.05) is 0 Å². The number of aromatic nitrogens is 3. The maximum atomic E-state index is 5.72. The van der Waals surface area contributed by atoms with Crippen LogP contribution in [-0.2, 0) is 0 Å². The zero-order chi connectivity index (χ0) is 9.97. The van der Waals surface area contributed by atoms with Crippen LogP contribution in [0.15, 0.2) is 30.6 Å². The Morgan fingerprint density at radius 1 is 1.21 bits per heavy atom. The minimum atomic E-state index is 0.600. The summed E-state index contributed by atoms with van der Waals surface area (Å²) in [5.74, 6) is 0.647. The van der Waals surface area contributed by atoms with Crippen LogP contribution in [0.4, 0.5) is 0 Å². The lowest BCUT2D eigenvalue weighted by Crippen LogP contribution is -1.90. The Morgan fingerprint density at radius 3 is 2.71 bits per heavy atom. The van der Waals surface area contributed by atoms with Gasteiger partial charge in [0.05, 0.1) is 5.02 Å². The van der Waals surface area contributed by atoms with Crippen molar-refractivity contribution >= 4 is 23.8 Å². The Bertz CT molecular complexity index is 492. The molecule has 2 aromatic heterocycles. The van der Waals surface area contributed by atoms with Crippen molar-refractivity contribution in [2.75, 3.05) is 0 Å². The van der Waals surface area contributed by atoms with Gasteiger partial charge < -0.3 is 4.98 Å². The second-order valence-corrected chi connectivity index (χ2v) is 3.52. The average Bonchev–Trinajstić information content (AvgIpc) is 2.19. The summed E-state index contributed by atoms with van der Waals surface area (Å²) < 4.78 is 0.631. The smallest absolute Gasteiger partial charge is 0.156 e. The van der Waals surface area contributed by atoms with Gasteiger partial charge in [0.15, 0.2) is 5.82 Å². The first-order chi connectivity index (χ1) is 6.75. The molecule has 0 radical (unpaired) electrons. The molecule has 0 spiro atoms. The van der Waals surface area contributed by atoms with E-state index in [4.69, 9.17) is 23.8 Å². The Balaban J connectivity index is 2.50. The van der Waals surface area contributed by atoms with E-state index in [1.54, 1.807) is 30.6 Å². The highest BCUT2D eigenvalue weighted by atomic mass is 35.5. The molecule has 1 N–H and O–H groups in total. The standard InChI is InChI=1S/C9H6ClN3S/c10-6-1-2-7(12-5-6)9-11-4-3-8(14)13-9/h1-5H,(H,11,13,14). The van der Waals surface area contributed by atoms with Gasteiger partial charge in [0.1, 0.15) is 10.3 Å². The molecule has 0 aliphatic carbocycles. The molecular formula is C9H6ClN3S. The van der Waals surface area contributed by atoms with Gasteiger partial charge in [-0.05, 0) is 18.2 Å². The van der Waals surface area contributed by atoms with Crippen LogP contribution in [0.1, 0.15) is 0 Å². The molecule has 0 unspecified atom stereocenters. The molecule has 14 heavy (non-hydrogen) atoms. The highest BCUT2D eigenvalue weighted by Crippen LogP contribution is 2.13. The van der Waals surface area contributed by atoms with Crippen LogP contribution in [0.5, 0.6) is 0 Å². The van der Waals surface area contributed by atoms with Crippen molar-refractivity contribution in [1.29, 1.82) is 0 Å². The van der Waals surface area contributed by atoms with Crippen LogP contribution in [0, 0.1) is 4.64 Å². The van der Waals surface area contributed by atoms with Crippen molar-refractivity contribution in [3.63, 3.8) is 0 Å². The summed E-state index contributed by atoms with van der Waals surface area (Å²) in [6.07, 6.45) is 3.22. The van der Waals surface area contributed by atoms with E-state index >= 15 is 0 Å². The number of hydrogen-bond donors (Lipinski definition) is 1. The van der Waals surface area contributed by atoms with Gasteiger partial charge in [-0.15, -0.1) is 0 Å². The fraction of sp³-hybridized carbons (Fsp3) is 0. The van der Waals surface area contributed by atoms with Gasteiger partial charge in [0.25, 0.3) is 0 Å². The van der Waals surface area contributed by atoms with E-state index in [-0.39, 0.29) is 0 Å². The predicted octanol–water partition coefficient (Wildman–Crippen LogP) is 2.85. The van der Waals surface area contributed by atoms with E-state index in [0.29, 0.717) is 15.5 Å². The quantitative estimate of drug-likeness (QED) is 0.756. The van der Waals surface area contributed by atoms with E-state index in [2.05, 4.69) is 15.0 Å². The molecule has 0 saturated carbocycles. The first kappa shape index (κ1) is 9.30. The number of rotatable bonds is 1. The molecule has 0 fully saturated rings. The molecule has 0 saturated heterocycles. The number of aromatic amines is 1. The van der Waals surface area contributed by atoms with Gasteiger partial charge in [-0.25, -0.2) is 4.98 Å². The van der Waals surface area contributed by atoms with Crippen molar-refractivity contribution in [2.45, 2.75) is 0 Å². The van der Waals surface area contributed by atoms with Gasteiger partial charge in [0, 0.05) is 12.4 Å². The highest BCUT2D eigenvalue weighted by Gasteiger charge is 1.99. The van der Waals surface area contributed by atoms with E-state index in [0.717, 1.165) is 5.69 Å². The lowest BCUT2D eigenvalue weighted by molar-refractivity contribution is 1.13. The van der Waals surface area contributed by atoms with E-state index in [1.165, 1.54) is 0 Å². The van der Waals surface area contributed by atoms with Crippen LogP contribution in [-0.4, -0.2) is 15.0 Å². The van der Waals surface area contributed by atoms with Crippen molar-refractivity contribution in [3.8, 4) is 11.5 Å². The topological polar surface area (TPSA) is 41.6 Å². The lowest BCUT2D eigenvalue weighted by Gasteiger charge is -1.98. The van der Waals surface area contributed by atoms with E-state index in [9.17, 15) is 0 Å². The molecule has 0 atom stereocenters. The minimum Gasteiger partial charge on any atom is -0.329 e. The fourth-order valence-electron chi connectivity index (χ4n) is 1.02. The monoisotopic (exact) mass is 223 g/mol. The molecule has 0 amide bonds. The average molecular weight is 224 g/mol. The first-order valence-electron chi connectivity index (χ1n) is 3.93. The molecule has 0 bridgehead atoms. The van der Waals surface area contributed by atoms with Crippen LogP contribution in [0.3, 0.4) is 0 Å². The Labute approximate surface area is 90.8 Å². The first-order valence-corrected chi connectivity index (χ1v) is 4.71. The molecular weight excluding hydrogens is 218 g/mol. The maximum Gasteiger partial charge on any atom is 0.156 e. The number of nitrogens with one attached hydrogen (secondary N) is 1. The van der Waals surface area contributed by atoms with Crippen molar-refractivity contribution < 1.29 is 0 Å². The summed E-state index contributed by atoms with van der Waals surface area (Å²) in [6.45, 7) is 0. The second-order valence-electron chi connectivity index (χ2n) is 2.64. The molecule has 0 aliphatic rings. The summed E-state index contributed by atoms with van der Waals surface area (Å²) in [4.78, 5) is 11.2. The molecule has 5 heteroatoms. The zero-order valence-electron chi connectivity index (χ0n) is 7.07. The van der Waals surface area contributed by atoms with Crippen LogP contribution >= 0.6 is 23.8 Å². The van der Waals surface area contributed by atoms with Gasteiger partial charge in [-0.1, -0.05) is 23.8 Å². The van der Waals surface area contributed by atoms with E-state index < -0.39 is 0 Å². The minimum absolute atomic E-state index is 0.600. The second kappa shape index (κ2) is 3.86. The molecule has 70 valence electrons. The van der Waals surface area contributed by atoms with Crippen LogP contribution < -0.4 is 0 Å². The van der Waals surface area contributed by atoms with Crippen LogP contribution in [0.25, 0.3) is 11.5 Å². The van der Waals surface area contributed by atoms with Crippen molar-refractivity contribution in [3.05, 3.63) is 40.3 Å². The van der Waals surface area contributed by atoms with Gasteiger partial charge >= 0.3 is 0 Å². The zero-order valence-corrected chi connectivity index (χ0v) is 8.64. The SMILES string of the molecule is S=c1ccnc(-c2ccc(Cl)cn2)[nH]1. The van der Waals surface area contributed by atoms with Crippen LogP contribution in [0.2, 0.25) is 5.02 Å². The summed E-state index contributed by atoms with van der Waals surface area (Å²) in [7, 11) is 0. The van der Waals surface area contributed by atoms with Gasteiger partial charge in [-0.3, -0.25) is 4.98 Å². The Hall–Kier alpha value is -1.26. The van der Waals surface area contributed by atoms with Gasteiger partial charge in [-0.2, -0.15) is 0 Å². The normalized spacial score (nSPS) is 10.1. The maximum absolute atomic E-state index is 5.72. The number of hydrogen-bond acceptors (Lipinski definition) is 3. The number of nitrogens with zero attached hydrogens (tertiary/aromatic N) is 2. The highest BCUT2D eigenvalue weighted by molar-refractivity contribution is 7.71. The molecule has 2 rings (SSSR count). The number of pyridine rings is 1. The summed E-state index contributed by atoms with van der Waals surface area (Å²) >= 11 is 10.7. The summed E-state index contributed by atoms with van der Waals surface area (Å²) in [6, 6.07) is 5.26. The fourth-order valence-corrected chi connectivity index (χ4v) is 1.29. The molecule has 0 aromatic carbocycles. The van der Waals surface area contributed by atoms with Gasteiger partial charge in [0.2, 0.25) is 0 Å². The summed E-state index contributed by atoms with van der Waals surface area (Å²) in [5, 5.41) is 0.600.